The second kappa shape index (κ2) is 1.68. The third-order valence-corrected chi connectivity index (χ3v) is 1.89. The van der Waals surface area contributed by atoms with Gasteiger partial charge in [0.2, 0.25) is 5.79 Å². The summed E-state index contributed by atoms with van der Waals surface area (Å²) in [6, 6.07) is 0. The molecule has 1 aliphatic heterocycles. The number of hydrogen-bond acceptors (Lipinski definition) is 3. The van der Waals surface area contributed by atoms with Gasteiger partial charge in [-0.3, -0.25) is 0 Å². The number of hydrogen-bond donors (Lipinski definition) is 0. The lowest BCUT2D eigenvalue weighted by Gasteiger charge is -2.49. The van der Waals surface area contributed by atoms with Crippen molar-refractivity contribution in [3.05, 3.63) is 0 Å². The highest BCUT2D eigenvalue weighted by Gasteiger charge is 2.55. The number of methoxy groups -OCH3 is 1. The van der Waals surface area contributed by atoms with Crippen LogP contribution in [0.2, 0.25) is 0 Å². The van der Waals surface area contributed by atoms with E-state index in [0.717, 1.165) is 0 Å². The van der Waals surface area contributed by atoms with Gasteiger partial charge >= 0.3 is 0 Å². The molecule has 54 valence electrons. The lowest BCUT2D eigenvalue weighted by molar-refractivity contribution is -0.595. The quantitative estimate of drug-likeness (QED) is 0.500. The van der Waals surface area contributed by atoms with Crippen molar-refractivity contribution < 1.29 is 14.5 Å². The average molecular weight is 132 g/mol. The summed E-state index contributed by atoms with van der Waals surface area (Å²) in [4.78, 5) is 9.56. The Balaban J connectivity index is 2.62. The zero-order valence-corrected chi connectivity index (χ0v) is 6.22. The van der Waals surface area contributed by atoms with E-state index in [-0.39, 0.29) is 5.60 Å². The Bertz CT molecular complexity index is 117. The first kappa shape index (κ1) is 6.99. The molecule has 0 aromatic rings. The predicted octanol–water partition coefficient (Wildman–Crippen LogP) is 1.09. The average Bonchev–Trinajstić information content (AvgIpc) is 1.84. The van der Waals surface area contributed by atoms with E-state index < -0.39 is 5.79 Å². The van der Waals surface area contributed by atoms with Gasteiger partial charge in [-0.1, -0.05) is 0 Å². The molecular formula is C6H12O3. The molecule has 0 aromatic heterocycles. The Morgan fingerprint density at radius 3 is 1.67 bits per heavy atom. The summed E-state index contributed by atoms with van der Waals surface area (Å²) in [5.74, 6) is -0.562. The Labute approximate surface area is 54.8 Å². The van der Waals surface area contributed by atoms with Gasteiger partial charge in [-0.05, 0) is 20.8 Å². The number of rotatable bonds is 1. The van der Waals surface area contributed by atoms with Gasteiger partial charge in [0, 0.05) is 7.11 Å². The molecule has 1 aliphatic rings. The van der Waals surface area contributed by atoms with Crippen LogP contribution >= 0.6 is 0 Å². The molecule has 0 saturated carbocycles. The van der Waals surface area contributed by atoms with Gasteiger partial charge in [-0.25, -0.2) is 4.89 Å². The minimum Gasteiger partial charge on any atom is -0.349 e. The topological polar surface area (TPSA) is 27.7 Å². The van der Waals surface area contributed by atoms with Crippen molar-refractivity contribution >= 4 is 0 Å². The summed E-state index contributed by atoms with van der Waals surface area (Å²) < 4.78 is 5.04. The molecule has 0 N–H and O–H groups in total. The Morgan fingerprint density at radius 2 is 1.67 bits per heavy atom. The van der Waals surface area contributed by atoms with E-state index in [1.165, 1.54) is 0 Å². The number of ether oxygens (including phenoxy) is 1. The third kappa shape index (κ3) is 0.764. The first-order valence-corrected chi connectivity index (χ1v) is 2.94. The highest BCUT2D eigenvalue weighted by Crippen LogP contribution is 2.39. The fourth-order valence-electron chi connectivity index (χ4n) is 0.605. The van der Waals surface area contributed by atoms with Crippen LogP contribution in [0.1, 0.15) is 20.8 Å². The Kier molecular flexibility index (Phi) is 1.31. The van der Waals surface area contributed by atoms with Crippen molar-refractivity contribution in [2.45, 2.75) is 32.2 Å². The van der Waals surface area contributed by atoms with Gasteiger partial charge in [0.15, 0.2) is 5.60 Å². The predicted molar refractivity (Wildman–Crippen MR) is 31.7 cm³/mol. The molecule has 0 aliphatic carbocycles. The summed E-state index contributed by atoms with van der Waals surface area (Å²) in [7, 11) is 1.60. The van der Waals surface area contributed by atoms with Gasteiger partial charge in [0.25, 0.3) is 0 Å². The second-order valence-corrected chi connectivity index (χ2v) is 2.83. The summed E-state index contributed by atoms with van der Waals surface area (Å²) in [5, 5.41) is 0. The van der Waals surface area contributed by atoms with Crippen LogP contribution in [0, 0.1) is 0 Å². The molecule has 0 aromatic carbocycles. The first-order chi connectivity index (χ1) is 4.02. The normalized spacial score (nSPS) is 40.0. The van der Waals surface area contributed by atoms with Crippen LogP contribution in [-0.4, -0.2) is 18.5 Å². The monoisotopic (exact) mass is 132 g/mol. The molecule has 0 amide bonds. The molecule has 1 unspecified atom stereocenters. The standard InChI is InChI=1S/C6H12O3/c1-5(2)6(3,7-4)9-8-5/h1-4H3. The molecule has 1 heterocycles. The maximum Gasteiger partial charge on any atom is 0.230 e. The van der Waals surface area contributed by atoms with Crippen LogP contribution in [0.5, 0.6) is 0 Å². The third-order valence-electron chi connectivity index (χ3n) is 1.89. The summed E-state index contributed by atoms with van der Waals surface area (Å²) >= 11 is 0. The van der Waals surface area contributed by atoms with Crippen LogP contribution < -0.4 is 0 Å². The molecule has 3 heteroatoms. The largest absolute Gasteiger partial charge is 0.349 e. The lowest BCUT2D eigenvalue weighted by Crippen LogP contribution is -2.62. The highest BCUT2D eigenvalue weighted by molar-refractivity contribution is 4.88. The van der Waals surface area contributed by atoms with E-state index in [1.807, 2.05) is 20.8 Å². The van der Waals surface area contributed by atoms with Crippen LogP contribution in [0.25, 0.3) is 0 Å². The van der Waals surface area contributed by atoms with Crippen molar-refractivity contribution in [1.29, 1.82) is 0 Å². The molecule has 1 rings (SSSR count). The van der Waals surface area contributed by atoms with Crippen LogP contribution in [-0.2, 0) is 14.5 Å². The second-order valence-electron chi connectivity index (χ2n) is 2.83. The van der Waals surface area contributed by atoms with Gasteiger partial charge in [0.05, 0.1) is 0 Å². The molecule has 1 saturated heterocycles. The van der Waals surface area contributed by atoms with Crippen LogP contribution in [0.3, 0.4) is 0 Å². The zero-order valence-electron chi connectivity index (χ0n) is 6.22. The molecular weight excluding hydrogens is 120 g/mol. The first-order valence-electron chi connectivity index (χ1n) is 2.94. The van der Waals surface area contributed by atoms with Crippen molar-refractivity contribution in [3.63, 3.8) is 0 Å². The SMILES string of the molecule is COC1(C)OOC1(C)C. The van der Waals surface area contributed by atoms with Gasteiger partial charge in [0.1, 0.15) is 0 Å². The highest BCUT2D eigenvalue weighted by atomic mass is 17.3. The Hall–Kier alpha value is -0.120. The molecule has 3 nitrogen and oxygen atoms in total. The van der Waals surface area contributed by atoms with Crippen molar-refractivity contribution in [3.8, 4) is 0 Å². The summed E-state index contributed by atoms with van der Waals surface area (Å²) in [6.07, 6.45) is 0. The maximum atomic E-state index is 5.04. The van der Waals surface area contributed by atoms with E-state index in [4.69, 9.17) is 14.5 Å². The fourth-order valence-corrected chi connectivity index (χ4v) is 0.605. The van der Waals surface area contributed by atoms with E-state index >= 15 is 0 Å². The zero-order chi connectivity index (χ0) is 7.12. The summed E-state index contributed by atoms with van der Waals surface area (Å²) in [6.45, 7) is 5.68. The van der Waals surface area contributed by atoms with Crippen molar-refractivity contribution in [2.75, 3.05) is 7.11 Å². The van der Waals surface area contributed by atoms with Gasteiger partial charge in [-0.15, -0.1) is 0 Å². The van der Waals surface area contributed by atoms with Crippen LogP contribution in [0.15, 0.2) is 0 Å². The molecule has 1 fully saturated rings. The lowest BCUT2D eigenvalue weighted by atomic mass is 9.97. The smallest absolute Gasteiger partial charge is 0.230 e. The minimum atomic E-state index is -0.562. The maximum absolute atomic E-state index is 5.04. The van der Waals surface area contributed by atoms with Crippen molar-refractivity contribution in [1.82, 2.24) is 0 Å². The minimum absolute atomic E-state index is 0.318. The van der Waals surface area contributed by atoms with Gasteiger partial charge in [-0.2, -0.15) is 4.89 Å². The molecule has 1 atom stereocenters. The van der Waals surface area contributed by atoms with E-state index in [1.54, 1.807) is 7.11 Å². The fraction of sp³-hybridized carbons (Fsp3) is 1.00. The molecule has 0 spiro atoms. The van der Waals surface area contributed by atoms with Gasteiger partial charge < -0.3 is 4.74 Å². The Morgan fingerprint density at radius 1 is 1.11 bits per heavy atom. The van der Waals surface area contributed by atoms with Crippen molar-refractivity contribution in [2.24, 2.45) is 0 Å². The van der Waals surface area contributed by atoms with E-state index in [0.29, 0.717) is 0 Å². The molecule has 9 heavy (non-hydrogen) atoms. The van der Waals surface area contributed by atoms with Crippen LogP contribution in [0.4, 0.5) is 0 Å². The summed E-state index contributed by atoms with van der Waals surface area (Å²) in [5.41, 5.74) is -0.318. The molecule has 0 bridgehead atoms. The molecule has 0 radical (unpaired) electrons. The van der Waals surface area contributed by atoms with E-state index in [9.17, 15) is 0 Å². The van der Waals surface area contributed by atoms with E-state index in [2.05, 4.69) is 0 Å².